The third-order valence-electron chi connectivity index (χ3n) is 4.02. The van der Waals surface area contributed by atoms with Gasteiger partial charge in [-0.15, -0.1) is 0 Å². The largest absolute Gasteiger partial charge is 0.401 e. The van der Waals surface area contributed by atoms with Crippen LogP contribution in [0.4, 0.5) is 24.5 Å². The Kier molecular flexibility index (Phi) is 5.43. The standard InChI is InChI=1S/C15H18F3N3O3/c1-19(12-5-2-6-13(8-12)21(23)24)14(22)11-4-3-7-20(9-11)10-15(16,17)18/h2,5-6,8,11H,3-4,7,9-10H2,1H3. The average Bonchev–Trinajstić information content (AvgIpc) is 2.52. The van der Waals surface area contributed by atoms with Crippen LogP contribution in [0.15, 0.2) is 24.3 Å². The van der Waals surface area contributed by atoms with Gasteiger partial charge in [-0.3, -0.25) is 19.8 Å². The van der Waals surface area contributed by atoms with Crippen LogP contribution < -0.4 is 4.90 Å². The molecule has 1 aliphatic rings. The Morgan fingerprint density at radius 3 is 2.79 bits per heavy atom. The van der Waals surface area contributed by atoms with Gasteiger partial charge in [-0.25, -0.2) is 0 Å². The van der Waals surface area contributed by atoms with Gasteiger partial charge in [0.05, 0.1) is 23.1 Å². The van der Waals surface area contributed by atoms with E-state index in [2.05, 4.69) is 0 Å². The number of halogens is 3. The highest BCUT2D eigenvalue weighted by molar-refractivity contribution is 5.95. The van der Waals surface area contributed by atoms with Gasteiger partial charge in [-0.1, -0.05) is 6.07 Å². The van der Waals surface area contributed by atoms with Gasteiger partial charge >= 0.3 is 6.18 Å². The minimum absolute atomic E-state index is 0.0393. The number of nitrogens with zero attached hydrogens (tertiary/aromatic N) is 3. The van der Waals surface area contributed by atoms with Crippen LogP contribution in [0.3, 0.4) is 0 Å². The lowest BCUT2D eigenvalue weighted by molar-refractivity contribution is -0.384. The van der Waals surface area contributed by atoms with Crippen molar-refractivity contribution < 1.29 is 22.9 Å². The lowest BCUT2D eigenvalue weighted by atomic mass is 9.96. The van der Waals surface area contributed by atoms with Crippen LogP contribution >= 0.6 is 0 Å². The summed E-state index contributed by atoms with van der Waals surface area (Å²) in [4.78, 5) is 25.3. The molecule has 2 rings (SSSR count). The molecule has 1 fully saturated rings. The predicted molar refractivity (Wildman–Crippen MR) is 81.7 cm³/mol. The van der Waals surface area contributed by atoms with Gasteiger partial charge in [0, 0.05) is 25.7 Å². The first-order valence-corrected chi connectivity index (χ1v) is 7.48. The molecular formula is C15H18F3N3O3. The summed E-state index contributed by atoms with van der Waals surface area (Å²) in [5.74, 6) is -0.882. The molecule has 132 valence electrons. The van der Waals surface area contributed by atoms with Gasteiger partial charge in [-0.05, 0) is 25.5 Å². The molecule has 1 aromatic carbocycles. The van der Waals surface area contributed by atoms with Crippen LogP contribution in [-0.4, -0.2) is 48.6 Å². The number of benzene rings is 1. The zero-order chi connectivity index (χ0) is 17.9. The second kappa shape index (κ2) is 7.16. The second-order valence-corrected chi connectivity index (χ2v) is 5.86. The van der Waals surface area contributed by atoms with E-state index < -0.39 is 23.6 Å². The maximum absolute atomic E-state index is 12.5. The van der Waals surface area contributed by atoms with Gasteiger partial charge in [0.1, 0.15) is 0 Å². The minimum Gasteiger partial charge on any atom is -0.315 e. The topological polar surface area (TPSA) is 66.7 Å². The number of likely N-dealkylation sites (tertiary alicyclic amines) is 1. The van der Waals surface area contributed by atoms with Crippen molar-refractivity contribution in [2.45, 2.75) is 19.0 Å². The molecule has 0 N–H and O–H groups in total. The van der Waals surface area contributed by atoms with Gasteiger partial charge in [0.2, 0.25) is 5.91 Å². The van der Waals surface area contributed by atoms with Crippen molar-refractivity contribution in [1.29, 1.82) is 0 Å². The SMILES string of the molecule is CN(C(=O)C1CCCN(CC(F)(F)F)C1)c1cccc([N+](=O)[O-])c1. The predicted octanol–water partition coefficient (Wildman–Crippen LogP) is 2.83. The fourth-order valence-electron chi connectivity index (χ4n) is 2.87. The van der Waals surface area contributed by atoms with E-state index in [1.165, 1.54) is 35.0 Å². The van der Waals surface area contributed by atoms with E-state index in [0.717, 1.165) is 0 Å². The molecule has 0 aromatic heterocycles. The van der Waals surface area contributed by atoms with Crippen LogP contribution in [0, 0.1) is 16.0 Å². The van der Waals surface area contributed by atoms with E-state index in [-0.39, 0.29) is 18.1 Å². The smallest absolute Gasteiger partial charge is 0.315 e. The fourth-order valence-corrected chi connectivity index (χ4v) is 2.87. The number of hydrogen-bond acceptors (Lipinski definition) is 4. The molecule has 0 spiro atoms. The molecule has 1 amide bonds. The van der Waals surface area contributed by atoms with Crippen molar-refractivity contribution in [1.82, 2.24) is 4.90 Å². The molecule has 24 heavy (non-hydrogen) atoms. The number of alkyl halides is 3. The first-order chi connectivity index (χ1) is 11.2. The van der Waals surface area contributed by atoms with Crippen LogP contribution in [0.25, 0.3) is 0 Å². The molecule has 1 saturated heterocycles. The van der Waals surface area contributed by atoms with Crippen LogP contribution in [-0.2, 0) is 4.79 Å². The minimum atomic E-state index is -4.29. The Morgan fingerprint density at radius 1 is 1.46 bits per heavy atom. The highest BCUT2D eigenvalue weighted by atomic mass is 19.4. The average molecular weight is 345 g/mol. The molecule has 0 bridgehead atoms. The first-order valence-electron chi connectivity index (χ1n) is 7.48. The van der Waals surface area contributed by atoms with E-state index in [1.54, 1.807) is 6.07 Å². The second-order valence-electron chi connectivity index (χ2n) is 5.86. The number of anilines is 1. The number of carbonyl (C=O) groups excluding carboxylic acids is 1. The van der Waals surface area contributed by atoms with Gasteiger partial charge in [-0.2, -0.15) is 13.2 Å². The van der Waals surface area contributed by atoms with E-state index in [4.69, 9.17) is 0 Å². The first kappa shape index (κ1) is 18.2. The highest BCUT2D eigenvalue weighted by Crippen LogP contribution is 2.26. The quantitative estimate of drug-likeness (QED) is 0.622. The Morgan fingerprint density at radius 2 is 2.17 bits per heavy atom. The molecule has 1 heterocycles. The molecule has 0 radical (unpaired) electrons. The number of amides is 1. The molecular weight excluding hydrogens is 327 g/mol. The number of nitro groups is 1. The van der Waals surface area contributed by atoms with Crippen LogP contribution in [0.1, 0.15) is 12.8 Å². The van der Waals surface area contributed by atoms with E-state index in [1.807, 2.05) is 0 Å². The van der Waals surface area contributed by atoms with Crippen molar-refractivity contribution in [2.24, 2.45) is 5.92 Å². The van der Waals surface area contributed by atoms with Gasteiger partial charge in [0.25, 0.3) is 5.69 Å². The van der Waals surface area contributed by atoms with Crippen molar-refractivity contribution in [3.05, 3.63) is 34.4 Å². The Balaban J connectivity index is 2.07. The lowest BCUT2D eigenvalue weighted by Crippen LogP contribution is -2.46. The summed E-state index contributed by atoms with van der Waals surface area (Å²) < 4.78 is 37.5. The third-order valence-corrected chi connectivity index (χ3v) is 4.02. The van der Waals surface area contributed by atoms with Crippen LogP contribution in [0.5, 0.6) is 0 Å². The molecule has 1 aromatic rings. The summed E-state index contributed by atoms with van der Waals surface area (Å²) in [7, 11) is 1.48. The van der Waals surface area contributed by atoms with E-state index >= 15 is 0 Å². The molecule has 9 heteroatoms. The molecule has 0 saturated carbocycles. The number of hydrogen-bond donors (Lipinski definition) is 0. The number of nitro benzene ring substituents is 1. The van der Waals surface area contributed by atoms with Crippen molar-refractivity contribution in [2.75, 3.05) is 31.6 Å². The van der Waals surface area contributed by atoms with Crippen LogP contribution in [0.2, 0.25) is 0 Å². The third kappa shape index (κ3) is 4.67. The van der Waals surface area contributed by atoms with Crippen molar-refractivity contribution >= 4 is 17.3 Å². The number of rotatable bonds is 4. The van der Waals surface area contributed by atoms with Crippen molar-refractivity contribution in [3.63, 3.8) is 0 Å². The van der Waals surface area contributed by atoms with Crippen molar-refractivity contribution in [3.8, 4) is 0 Å². The fraction of sp³-hybridized carbons (Fsp3) is 0.533. The Bertz CT molecular complexity index is 621. The van der Waals surface area contributed by atoms with Gasteiger partial charge < -0.3 is 4.90 Å². The molecule has 0 aliphatic carbocycles. The van der Waals surface area contributed by atoms with E-state index in [0.29, 0.717) is 25.1 Å². The summed E-state index contributed by atoms with van der Waals surface area (Å²) in [6, 6.07) is 5.61. The van der Waals surface area contributed by atoms with E-state index in [9.17, 15) is 28.1 Å². The molecule has 1 unspecified atom stereocenters. The molecule has 6 nitrogen and oxygen atoms in total. The number of non-ortho nitro benzene ring substituents is 1. The summed E-state index contributed by atoms with van der Waals surface area (Å²) in [6.07, 6.45) is -3.28. The Hall–Kier alpha value is -2.16. The maximum Gasteiger partial charge on any atom is 0.401 e. The number of carbonyl (C=O) groups is 1. The summed E-state index contributed by atoms with van der Waals surface area (Å²) in [5.41, 5.74) is 0.205. The summed E-state index contributed by atoms with van der Waals surface area (Å²) in [5, 5.41) is 10.8. The summed E-state index contributed by atoms with van der Waals surface area (Å²) in [6.45, 7) is -0.682. The Labute approximate surface area is 137 Å². The zero-order valence-electron chi connectivity index (χ0n) is 13.1. The zero-order valence-corrected chi connectivity index (χ0v) is 13.1. The molecule has 1 aliphatic heterocycles. The monoisotopic (exact) mass is 345 g/mol. The van der Waals surface area contributed by atoms with Gasteiger partial charge in [0.15, 0.2) is 0 Å². The summed E-state index contributed by atoms with van der Waals surface area (Å²) >= 11 is 0. The highest BCUT2D eigenvalue weighted by Gasteiger charge is 2.35. The maximum atomic E-state index is 12.5. The normalized spacial score (nSPS) is 19.1. The number of piperidine rings is 1. The molecule has 1 atom stereocenters. The lowest BCUT2D eigenvalue weighted by Gasteiger charge is -2.34.